The van der Waals surface area contributed by atoms with Crippen LogP contribution in [0, 0.1) is 0 Å². The maximum absolute atomic E-state index is 2.50. The third-order valence-electron chi connectivity index (χ3n) is 1.18. The van der Waals surface area contributed by atoms with Gasteiger partial charge in [-0.05, 0) is 0 Å². The predicted octanol–water partition coefficient (Wildman–Crippen LogP) is 3.78. The van der Waals surface area contributed by atoms with Crippen LogP contribution in [0.2, 0.25) is 14.8 Å². The molecule has 0 saturated heterocycles. The Bertz CT molecular complexity index is 176. The molecule has 0 aliphatic heterocycles. The van der Waals surface area contributed by atoms with Gasteiger partial charge in [-0.3, -0.25) is 0 Å². The molecule has 0 fully saturated rings. The summed E-state index contributed by atoms with van der Waals surface area (Å²) < 4.78 is 2.50. The maximum atomic E-state index is 2.50. The van der Waals surface area contributed by atoms with Crippen LogP contribution in [-0.4, -0.2) is 18.4 Å². The van der Waals surface area contributed by atoms with E-state index in [2.05, 4.69) is 45.8 Å². The quantitative estimate of drug-likeness (QED) is 0.523. The minimum atomic E-state index is -1.66. The number of hydrogen-bond acceptors (Lipinski definition) is 0. The van der Waals surface area contributed by atoms with E-state index >= 15 is 0 Å². The van der Waals surface area contributed by atoms with Crippen molar-refractivity contribution in [2.75, 3.05) is 0 Å². The molecule has 0 spiro atoms. The van der Waals surface area contributed by atoms with Gasteiger partial charge >= 0.3 is 75.3 Å². The third-order valence-corrected chi connectivity index (χ3v) is 4.95. The molecule has 1 heteroatoms. The van der Waals surface area contributed by atoms with Crippen LogP contribution in [0.3, 0.4) is 0 Å². The van der Waals surface area contributed by atoms with Crippen molar-refractivity contribution in [3.63, 3.8) is 0 Å². The van der Waals surface area contributed by atoms with Gasteiger partial charge in [0.1, 0.15) is 0 Å². The first-order valence-electron chi connectivity index (χ1n) is 4.15. The van der Waals surface area contributed by atoms with Crippen LogP contribution >= 0.6 is 0 Å². The normalized spacial score (nSPS) is 13.1. The van der Waals surface area contributed by atoms with Gasteiger partial charge in [0.15, 0.2) is 0 Å². The minimum absolute atomic E-state index is 1.40. The van der Waals surface area contributed by atoms with Gasteiger partial charge in [0, 0.05) is 0 Å². The van der Waals surface area contributed by atoms with Crippen molar-refractivity contribution in [1.29, 1.82) is 0 Å². The van der Waals surface area contributed by atoms with Crippen molar-refractivity contribution in [1.82, 2.24) is 0 Å². The molecule has 11 heavy (non-hydrogen) atoms. The van der Waals surface area contributed by atoms with Gasteiger partial charge in [-0.2, -0.15) is 0 Å². The molecule has 0 aliphatic rings. The summed E-state index contributed by atoms with van der Waals surface area (Å²) in [6.07, 6.45) is 2.27. The molecule has 0 nitrogen and oxygen atoms in total. The summed E-state index contributed by atoms with van der Waals surface area (Å²) in [4.78, 5) is 7.28. The molecule has 0 atom stereocenters. The fourth-order valence-corrected chi connectivity index (χ4v) is 5.32. The Morgan fingerprint density at radius 1 is 1.00 bits per heavy atom. The molecular weight excluding hydrogens is 239 g/mol. The van der Waals surface area contributed by atoms with Gasteiger partial charge in [0.05, 0.1) is 0 Å². The summed E-state index contributed by atoms with van der Waals surface area (Å²) in [6, 6.07) is 0. The zero-order valence-electron chi connectivity index (χ0n) is 8.65. The number of hydrogen-bond donors (Lipinski definition) is 0. The Labute approximate surface area is 75.3 Å². The number of allylic oxidation sites excluding steroid dienone is 3. The summed E-state index contributed by atoms with van der Waals surface area (Å²) in [5.74, 6) is 0. The average Bonchev–Trinajstić information content (AvgIpc) is 1.53. The second-order valence-corrected chi connectivity index (χ2v) is 18.8. The topological polar surface area (TPSA) is 0 Å². The molecule has 0 rings (SSSR count). The molecule has 0 amide bonds. The van der Waals surface area contributed by atoms with E-state index in [-0.39, 0.29) is 0 Å². The van der Waals surface area contributed by atoms with Crippen LogP contribution in [0.5, 0.6) is 0 Å². The van der Waals surface area contributed by atoms with Crippen molar-refractivity contribution >= 4 is 18.4 Å². The van der Waals surface area contributed by atoms with Crippen LogP contribution in [0.15, 0.2) is 21.3 Å². The van der Waals surface area contributed by atoms with Crippen molar-refractivity contribution in [3.8, 4) is 0 Å². The standard InChI is InChI=1S/C7H11.3CH3.Sn/c1-6(2)5-7(3)4;;;;/h1,5H,2-4H3;3*1H3;. The Balaban J connectivity index is 4.36. The second-order valence-electron chi connectivity index (χ2n) is 4.48. The molecule has 64 valence electrons. The molecule has 0 aromatic carbocycles. The average molecular weight is 259 g/mol. The Hall–Kier alpha value is 0.279. The van der Waals surface area contributed by atoms with Crippen LogP contribution in [0.25, 0.3) is 0 Å². The molecule has 0 aromatic rings. The monoisotopic (exact) mass is 260 g/mol. The first kappa shape index (κ1) is 11.3. The van der Waals surface area contributed by atoms with E-state index in [1.54, 1.807) is 0 Å². The molecule has 0 radical (unpaired) electrons. The van der Waals surface area contributed by atoms with Gasteiger partial charge in [-0.1, -0.05) is 0 Å². The van der Waals surface area contributed by atoms with Crippen LogP contribution in [0.1, 0.15) is 20.8 Å². The van der Waals surface area contributed by atoms with Crippen molar-refractivity contribution < 1.29 is 0 Å². The molecule has 0 aliphatic carbocycles. The molecule has 0 N–H and O–H groups in total. The Morgan fingerprint density at radius 3 is 1.73 bits per heavy atom. The second kappa shape index (κ2) is 4.34. The molecule has 0 bridgehead atoms. The fourth-order valence-electron chi connectivity index (χ4n) is 1.18. The third kappa shape index (κ3) is 8.18. The Kier molecular flexibility index (Phi) is 4.45. The summed E-state index contributed by atoms with van der Waals surface area (Å²) in [5, 5.41) is 0. The first-order valence-corrected chi connectivity index (χ1v) is 14.4. The van der Waals surface area contributed by atoms with Crippen molar-refractivity contribution in [2.45, 2.75) is 35.6 Å². The van der Waals surface area contributed by atoms with Gasteiger partial charge < -0.3 is 0 Å². The van der Waals surface area contributed by atoms with Crippen LogP contribution < -0.4 is 0 Å². The van der Waals surface area contributed by atoms with Crippen molar-refractivity contribution in [2.24, 2.45) is 0 Å². The zero-order chi connectivity index (χ0) is 9.07. The summed E-state index contributed by atoms with van der Waals surface area (Å²) in [5.41, 5.74) is 2.85. The van der Waals surface area contributed by atoms with Gasteiger partial charge in [0.25, 0.3) is 0 Å². The zero-order valence-corrected chi connectivity index (χ0v) is 11.5. The Morgan fingerprint density at radius 2 is 1.45 bits per heavy atom. The van der Waals surface area contributed by atoms with Crippen LogP contribution in [-0.2, 0) is 0 Å². The van der Waals surface area contributed by atoms with E-state index in [1.807, 2.05) is 0 Å². The van der Waals surface area contributed by atoms with E-state index in [0.29, 0.717) is 0 Å². The predicted molar refractivity (Wildman–Crippen MR) is 56.5 cm³/mol. The SMILES string of the molecule is CC(C)=CC(C)=[CH][Sn]([CH3])([CH3])[CH3]. The van der Waals surface area contributed by atoms with E-state index in [1.165, 1.54) is 11.1 Å². The first-order chi connectivity index (χ1) is 4.81. The summed E-state index contributed by atoms with van der Waals surface area (Å²) in [6.45, 7) is 6.50. The molecule has 0 aromatic heterocycles. The molecular formula is C10H20Sn. The van der Waals surface area contributed by atoms with E-state index in [9.17, 15) is 0 Å². The van der Waals surface area contributed by atoms with Crippen molar-refractivity contribution in [3.05, 3.63) is 21.3 Å². The fraction of sp³-hybridized carbons (Fsp3) is 0.600. The van der Waals surface area contributed by atoms with E-state index in [4.69, 9.17) is 0 Å². The van der Waals surface area contributed by atoms with E-state index in [0.717, 1.165) is 0 Å². The van der Waals surface area contributed by atoms with E-state index < -0.39 is 18.4 Å². The van der Waals surface area contributed by atoms with Gasteiger partial charge in [-0.25, -0.2) is 0 Å². The molecule has 0 heterocycles. The number of rotatable bonds is 2. The summed E-state index contributed by atoms with van der Waals surface area (Å²) >= 11 is -1.66. The van der Waals surface area contributed by atoms with Crippen LogP contribution in [0.4, 0.5) is 0 Å². The van der Waals surface area contributed by atoms with Gasteiger partial charge in [0.2, 0.25) is 0 Å². The molecule has 0 saturated carbocycles. The molecule has 0 unspecified atom stereocenters. The summed E-state index contributed by atoms with van der Waals surface area (Å²) in [7, 11) is 0. The van der Waals surface area contributed by atoms with Gasteiger partial charge in [-0.15, -0.1) is 0 Å².